The first kappa shape index (κ1) is 18.5. The SMILES string of the molecule is CC(C)(C)c1ccc(C(=O)C[C@H]2CC[C@@H](O)[C@@H]3[C@H](O)[C@H](O)CN23)cc1. The van der Waals surface area contributed by atoms with Crippen LogP contribution in [0.1, 0.15) is 56.0 Å². The van der Waals surface area contributed by atoms with Crippen LogP contribution in [0.4, 0.5) is 0 Å². The number of piperidine rings is 1. The molecular formula is C20H29NO4. The molecular weight excluding hydrogens is 318 g/mol. The quantitative estimate of drug-likeness (QED) is 0.722. The number of carbonyl (C=O) groups excluding carboxylic acids is 1. The van der Waals surface area contributed by atoms with E-state index in [1.54, 1.807) is 0 Å². The number of hydrogen-bond acceptors (Lipinski definition) is 5. The molecule has 3 N–H and O–H groups in total. The number of carbonyl (C=O) groups is 1. The maximum Gasteiger partial charge on any atom is 0.164 e. The second-order valence-corrected chi connectivity index (χ2v) is 8.50. The lowest BCUT2D eigenvalue weighted by Crippen LogP contribution is -2.53. The normalized spacial score (nSPS) is 33.3. The van der Waals surface area contributed by atoms with Gasteiger partial charge in [-0.1, -0.05) is 45.0 Å². The van der Waals surface area contributed by atoms with Gasteiger partial charge < -0.3 is 15.3 Å². The maximum atomic E-state index is 12.7. The molecule has 0 aromatic heterocycles. The highest BCUT2D eigenvalue weighted by atomic mass is 16.3. The first-order valence-electron chi connectivity index (χ1n) is 9.12. The van der Waals surface area contributed by atoms with Crippen LogP contribution >= 0.6 is 0 Å². The van der Waals surface area contributed by atoms with Crippen molar-refractivity contribution in [1.29, 1.82) is 0 Å². The van der Waals surface area contributed by atoms with Crippen LogP contribution in [-0.2, 0) is 5.41 Å². The molecule has 5 nitrogen and oxygen atoms in total. The summed E-state index contributed by atoms with van der Waals surface area (Å²) >= 11 is 0. The number of aliphatic hydroxyl groups is 3. The van der Waals surface area contributed by atoms with Gasteiger partial charge in [0, 0.05) is 24.6 Å². The molecule has 2 aliphatic rings. The fraction of sp³-hybridized carbons (Fsp3) is 0.650. The van der Waals surface area contributed by atoms with E-state index < -0.39 is 24.4 Å². The van der Waals surface area contributed by atoms with Gasteiger partial charge in [-0.3, -0.25) is 9.69 Å². The van der Waals surface area contributed by atoms with Crippen LogP contribution in [0, 0.1) is 0 Å². The Balaban J connectivity index is 1.70. The fourth-order valence-corrected chi connectivity index (χ4v) is 4.12. The molecule has 0 spiro atoms. The standard InChI is InChI=1S/C20H29NO4/c1-20(2,3)13-6-4-12(5-7-13)16(23)10-14-8-9-15(22)18-19(25)17(24)11-21(14)18/h4-7,14-15,17-19,22,24-25H,8-11H2,1-3H3/t14-,15-,17-,18-,19-/m1/s1. The Bertz CT molecular complexity index is 622. The van der Waals surface area contributed by atoms with Crippen LogP contribution in [-0.4, -0.2) is 62.9 Å². The lowest BCUT2D eigenvalue weighted by molar-refractivity contribution is -0.0453. The fourth-order valence-electron chi connectivity index (χ4n) is 4.12. The number of Topliss-reactive ketones (excluding diaryl/α,β-unsaturated/α-hetero) is 1. The van der Waals surface area contributed by atoms with Gasteiger partial charge in [-0.2, -0.15) is 0 Å². The topological polar surface area (TPSA) is 81.0 Å². The van der Waals surface area contributed by atoms with Crippen molar-refractivity contribution in [2.75, 3.05) is 6.54 Å². The number of hydrogen-bond donors (Lipinski definition) is 3. The molecule has 5 atom stereocenters. The molecule has 0 aliphatic carbocycles. The van der Waals surface area contributed by atoms with E-state index in [4.69, 9.17) is 0 Å². The van der Waals surface area contributed by atoms with Crippen molar-refractivity contribution in [3.05, 3.63) is 35.4 Å². The van der Waals surface area contributed by atoms with Crippen molar-refractivity contribution in [2.45, 2.75) is 75.8 Å². The number of ketones is 1. The van der Waals surface area contributed by atoms with E-state index in [0.717, 1.165) is 0 Å². The molecule has 0 radical (unpaired) electrons. The largest absolute Gasteiger partial charge is 0.391 e. The third-order valence-electron chi connectivity index (χ3n) is 5.68. The van der Waals surface area contributed by atoms with Crippen LogP contribution in [0.5, 0.6) is 0 Å². The smallest absolute Gasteiger partial charge is 0.164 e. The zero-order chi connectivity index (χ0) is 18.4. The van der Waals surface area contributed by atoms with Crippen molar-refractivity contribution in [2.24, 2.45) is 0 Å². The minimum absolute atomic E-state index is 0.0463. The Kier molecular flexibility index (Phi) is 5.04. The van der Waals surface area contributed by atoms with Gasteiger partial charge in [0.15, 0.2) is 5.78 Å². The molecule has 1 aromatic carbocycles. The van der Waals surface area contributed by atoms with Crippen molar-refractivity contribution >= 4 is 5.78 Å². The first-order chi connectivity index (χ1) is 11.7. The molecule has 0 bridgehead atoms. The van der Waals surface area contributed by atoms with Crippen LogP contribution in [0.25, 0.3) is 0 Å². The molecule has 5 heteroatoms. The van der Waals surface area contributed by atoms with Crippen LogP contribution < -0.4 is 0 Å². The Hall–Kier alpha value is -1.27. The van der Waals surface area contributed by atoms with Gasteiger partial charge in [0.2, 0.25) is 0 Å². The Morgan fingerprint density at radius 2 is 1.72 bits per heavy atom. The summed E-state index contributed by atoms with van der Waals surface area (Å²) in [6, 6.07) is 7.26. The van der Waals surface area contributed by atoms with Gasteiger partial charge in [0.25, 0.3) is 0 Å². The monoisotopic (exact) mass is 347 g/mol. The van der Waals surface area contributed by atoms with Gasteiger partial charge in [-0.05, 0) is 23.8 Å². The highest BCUT2D eigenvalue weighted by Crippen LogP contribution is 2.34. The van der Waals surface area contributed by atoms with Crippen molar-refractivity contribution in [3.8, 4) is 0 Å². The molecule has 2 aliphatic heterocycles. The van der Waals surface area contributed by atoms with Gasteiger partial charge in [-0.25, -0.2) is 0 Å². The van der Waals surface area contributed by atoms with E-state index in [1.807, 2.05) is 29.2 Å². The van der Waals surface area contributed by atoms with E-state index in [1.165, 1.54) is 5.56 Å². The van der Waals surface area contributed by atoms with Crippen molar-refractivity contribution < 1.29 is 20.1 Å². The van der Waals surface area contributed by atoms with Crippen molar-refractivity contribution in [3.63, 3.8) is 0 Å². The molecule has 0 saturated carbocycles. The van der Waals surface area contributed by atoms with Gasteiger partial charge in [-0.15, -0.1) is 0 Å². The highest BCUT2D eigenvalue weighted by Gasteiger charge is 2.49. The van der Waals surface area contributed by atoms with Crippen LogP contribution in [0.3, 0.4) is 0 Å². The summed E-state index contributed by atoms with van der Waals surface area (Å²) in [7, 11) is 0. The lowest BCUT2D eigenvalue weighted by Gasteiger charge is -2.41. The molecule has 138 valence electrons. The first-order valence-corrected chi connectivity index (χ1v) is 9.12. The second-order valence-electron chi connectivity index (χ2n) is 8.50. The van der Waals surface area contributed by atoms with Gasteiger partial charge in [0.1, 0.15) is 0 Å². The molecule has 3 rings (SSSR count). The summed E-state index contributed by atoms with van der Waals surface area (Å²) in [5, 5.41) is 30.2. The zero-order valence-corrected chi connectivity index (χ0v) is 15.2. The molecule has 2 saturated heterocycles. The molecule has 0 amide bonds. The summed E-state index contributed by atoms with van der Waals surface area (Å²) in [5.74, 6) is 0.0662. The summed E-state index contributed by atoms with van der Waals surface area (Å²) in [6.07, 6.45) is -0.864. The van der Waals surface area contributed by atoms with Gasteiger partial charge in [0.05, 0.1) is 24.4 Å². The summed E-state index contributed by atoms with van der Waals surface area (Å²) in [4.78, 5) is 14.6. The number of benzene rings is 1. The molecule has 2 heterocycles. The number of rotatable bonds is 3. The molecule has 1 aromatic rings. The molecule has 25 heavy (non-hydrogen) atoms. The van der Waals surface area contributed by atoms with Gasteiger partial charge >= 0.3 is 0 Å². The highest BCUT2D eigenvalue weighted by molar-refractivity contribution is 5.96. The Morgan fingerprint density at radius 1 is 1.08 bits per heavy atom. The predicted molar refractivity (Wildman–Crippen MR) is 95.6 cm³/mol. The van der Waals surface area contributed by atoms with E-state index in [-0.39, 0.29) is 17.2 Å². The van der Waals surface area contributed by atoms with E-state index in [9.17, 15) is 20.1 Å². The van der Waals surface area contributed by atoms with Crippen LogP contribution in [0.2, 0.25) is 0 Å². The summed E-state index contributed by atoms with van der Waals surface area (Å²) in [6.45, 7) is 6.73. The zero-order valence-electron chi connectivity index (χ0n) is 15.2. The minimum Gasteiger partial charge on any atom is -0.391 e. The minimum atomic E-state index is -0.945. The summed E-state index contributed by atoms with van der Waals surface area (Å²) in [5.41, 5.74) is 1.93. The van der Waals surface area contributed by atoms with E-state index in [2.05, 4.69) is 20.8 Å². The maximum absolute atomic E-state index is 12.7. The number of fused-ring (bicyclic) bond motifs is 1. The van der Waals surface area contributed by atoms with E-state index >= 15 is 0 Å². The Labute approximate surface area is 149 Å². The van der Waals surface area contributed by atoms with Crippen LogP contribution in [0.15, 0.2) is 24.3 Å². The van der Waals surface area contributed by atoms with Crippen molar-refractivity contribution in [1.82, 2.24) is 4.90 Å². The lowest BCUT2D eigenvalue weighted by atomic mass is 9.85. The van der Waals surface area contributed by atoms with E-state index in [0.29, 0.717) is 31.4 Å². The number of aliphatic hydroxyl groups excluding tert-OH is 3. The Morgan fingerprint density at radius 3 is 2.32 bits per heavy atom. The predicted octanol–water partition coefficient (Wildman–Crippen LogP) is 1.49. The third kappa shape index (κ3) is 3.65. The third-order valence-corrected chi connectivity index (χ3v) is 5.68. The number of nitrogens with zero attached hydrogens (tertiary/aromatic N) is 1. The molecule has 0 unspecified atom stereocenters. The second kappa shape index (κ2) is 6.80. The molecule has 2 fully saturated rings. The summed E-state index contributed by atoms with van der Waals surface area (Å²) < 4.78 is 0. The average molecular weight is 347 g/mol. The average Bonchev–Trinajstić information content (AvgIpc) is 2.86.